The molecule has 5 rings (SSSR count). The van der Waals surface area contributed by atoms with Crippen LogP contribution in [0.2, 0.25) is 0 Å². The third-order valence-corrected chi connectivity index (χ3v) is 6.10. The number of hydrogen-bond acceptors (Lipinski definition) is 9. The van der Waals surface area contributed by atoms with Gasteiger partial charge in [-0.3, -0.25) is 4.98 Å². The standard InChI is InChI=1S/C22H19FN8OS/c1-2-32-17-11-18(33-21(17)22-28-30-31-29-22)16-10-19(27-12-26-16)24-9-7-14-15(23)6-5-13-4-3-8-25-20(13)14/h3-6,8,10-12H,2,7,9H2,1H3,(H,24,26,27)(H,28,29,30,31). The largest absolute Gasteiger partial charge is 0.492 e. The van der Waals surface area contributed by atoms with Crippen LogP contribution in [0.5, 0.6) is 5.75 Å². The van der Waals surface area contributed by atoms with Gasteiger partial charge in [-0.15, -0.1) is 21.5 Å². The monoisotopic (exact) mass is 462 g/mol. The number of rotatable bonds is 8. The Kier molecular flexibility index (Phi) is 5.85. The summed E-state index contributed by atoms with van der Waals surface area (Å²) in [6.45, 7) is 2.92. The van der Waals surface area contributed by atoms with Crippen LogP contribution in [-0.4, -0.2) is 48.7 Å². The third kappa shape index (κ3) is 4.35. The van der Waals surface area contributed by atoms with Crippen LogP contribution in [0.15, 0.2) is 48.9 Å². The van der Waals surface area contributed by atoms with Gasteiger partial charge in [0.25, 0.3) is 0 Å². The van der Waals surface area contributed by atoms with Gasteiger partial charge in [0, 0.05) is 35.8 Å². The molecule has 0 aliphatic heterocycles. The van der Waals surface area contributed by atoms with Crippen LogP contribution in [0.25, 0.3) is 32.2 Å². The minimum Gasteiger partial charge on any atom is -0.492 e. The quantitative estimate of drug-likeness (QED) is 0.354. The molecule has 0 fully saturated rings. The number of aromatic nitrogens is 7. The number of nitrogens with zero attached hydrogens (tertiary/aromatic N) is 6. The summed E-state index contributed by atoms with van der Waals surface area (Å²) < 4.78 is 20.2. The molecule has 0 spiro atoms. The van der Waals surface area contributed by atoms with Gasteiger partial charge in [-0.25, -0.2) is 14.4 Å². The van der Waals surface area contributed by atoms with Crippen LogP contribution >= 0.6 is 11.3 Å². The first-order valence-corrected chi connectivity index (χ1v) is 11.1. The summed E-state index contributed by atoms with van der Waals surface area (Å²) in [5.41, 5.74) is 1.99. The van der Waals surface area contributed by atoms with Crippen molar-refractivity contribution in [2.75, 3.05) is 18.5 Å². The number of anilines is 1. The molecule has 4 heterocycles. The molecule has 2 N–H and O–H groups in total. The lowest BCUT2D eigenvalue weighted by atomic mass is 10.1. The molecule has 166 valence electrons. The molecule has 33 heavy (non-hydrogen) atoms. The second-order valence-electron chi connectivity index (χ2n) is 7.04. The lowest BCUT2D eigenvalue weighted by molar-refractivity contribution is 0.343. The normalized spacial score (nSPS) is 11.1. The van der Waals surface area contributed by atoms with Gasteiger partial charge in [-0.05, 0) is 36.8 Å². The lowest BCUT2D eigenvalue weighted by Gasteiger charge is -2.09. The van der Waals surface area contributed by atoms with Crippen LogP contribution in [0.1, 0.15) is 12.5 Å². The minimum absolute atomic E-state index is 0.262. The first kappa shape index (κ1) is 20.9. The van der Waals surface area contributed by atoms with Crippen molar-refractivity contribution < 1.29 is 9.13 Å². The molecule has 0 bridgehead atoms. The second kappa shape index (κ2) is 9.25. The molecule has 9 nitrogen and oxygen atoms in total. The van der Waals surface area contributed by atoms with E-state index >= 15 is 0 Å². The maximum Gasteiger partial charge on any atom is 0.218 e. The zero-order chi connectivity index (χ0) is 22.6. The van der Waals surface area contributed by atoms with E-state index in [-0.39, 0.29) is 5.82 Å². The van der Waals surface area contributed by atoms with Crippen LogP contribution < -0.4 is 10.1 Å². The molecule has 4 aromatic heterocycles. The third-order valence-electron chi connectivity index (χ3n) is 4.97. The zero-order valence-electron chi connectivity index (χ0n) is 17.6. The highest BCUT2D eigenvalue weighted by atomic mass is 32.1. The molecule has 0 amide bonds. The van der Waals surface area contributed by atoms with E-state index in [0.29, 0.717) is 48.0 Å². The van der Waals surface area contributed by atoms with Gasteiger partial charge < -0.3 is 10.1 Å². The van der Waals surface area contributed by atoms with Gasteiger partial charge in [0.05, 0.1) is 22.7 Å². The van der Waals surface area contributed by atoms with Gasteiger partial charge in [0.15, 0.2) is 0 Å². The molecule has 5 aromatic rings. The highest BCUT2D eigenvalue weighted by Gasteiger charge is 2.18. The van der Waals surface area contributed by atoms with Gasteiger partial charge in [-0.1, -0.05) is 6.07 Å². The number of aromatic amines is 1. The number of tetrazole rings is 1. The molecule has 11 heteroatoms. The van der Waals surface area contributed by atoms with Crippen LogP contribution in [0.4, 0.5) is 10.2 Å². The number of halogens is 1. The highest BCUT2D eigenvalue weighted by molar-refractivity contribution is 7.19. The van der Waals surface area contributed by atoms with Crippen LogP contribution in [-0.2, 0) is 6.42 Å². The van der Waals surface area contributed by atoms with Crippen molar-refractivity contribution in [2.45, 2.75) is 13.3 Å². The number of pyridine rings is 1. The molecule has 0 unspecified atom stereocenters. The topological polar surface area (TPSA) is 114 Å². The zero-order valence-corrected chi connectivity index (χ0v) is 18.4. The Balaban J connectivity index is 1.35. The second-order valence-corrected chi connectivity index (χ2v) is 8.09. The summed E-state index contributed by atoms with van der Waals surface area (Å²) in [6.07, 6.45) is 3.64. The number of thiophene rings is 1. The predicted octanol–water partition coefficient (Wildman–Crippen LogP) is 4.13. The molecular weight excluding hydrogens is 443 g/mol. The van der Waals surface area contributed by atoms with Crippen molar-refractivity contribution in [3.63, 3.8) is 0 Å². The van der Waals surface area contributed by atoms with Gasteiger partial charge in [0.2, 0.25) is 5.82 Å². The smallest absolute Gasteiger partial charge is 0.218 e. The Bertz CT molecular complexity index is 1390. The fourth-order valence-corrected chi connectivity index (χ4v) is 4.50. The average Bonchev–Trinajstić information content (AvgIpc) is 3.51. The lowest BCUT2D eigenvalue weighted by Crippen LogP contribution is -2.08. The Morgan fingerprint density at radius 2 is 2.09 bits per heavy atom. The van der Waals surface area contributed by atoms with Crippen molar-refractivity contribution in [1.82, 2.24) is 35.6 Å². The molecule has 0 saturated carbocycles. The SMILES string of the molecule is CCOc1cc(-c2cc(NCCc3c(F)ccc4cccnc34)ncn2)sc1-c1nn[nH]n1. The number of fused-ring (bicyclic) bond motifs is 1. The van der Waals surface area contributed by atoms with Gasteiger partial charge >= 0.3 is 0 Å². The molecule has 1 aromatic carbocycles. The van der Waals surface area contributed by atoms with Gasteiger partial charge in [-0.2, -0.15) is 5.21 Å². The van der Waals surface area contributed by atoms with E-state index in [4.69, 9.17) is 4.74 Å². The summed E-state index contributed by atoms with van der Waals surface area (Å²) in [4.78, 5) is 14.7. The molecule has 0 radical (unpaired) electrons. The summed E-state index contributed by atoms with van der Waals surface area (Å²) >= 11 is 1.46. The maximum absolute atomic E-state index is 14.4. The van der Waals surface area contributed by atoms with Crippen molar-refractivity contribution in [2.24, 2.45) is 0 Å². The maximum atomic E-state index is 14.4. The van der Waals surface area contributed by atoms with E-state index in [1.807, 2.05) is 31.2 Å². The fraction of sp³-hybridized carbons (Fsp3) is 0.182. The van der Waals surface area contributed by atoms with Crippen molar-refractivity contribution in [3.05, 3.63) is 60.3 Å². The number of nitrogens with one attached hydrogen (secondary N) is 2. The molecule has 0 saturated heterocycles. The minimum atomic E-state index is -0.262. The Labute approximate surface area is 192 Å². The van der Waals surface area contributed by atoms with Crippen LogP contribution in [0, 0.1) is 5.82 Å². The number of H-pyrrole nitrogens is 1. The summed E-state index contributed by atoms with van der Waals surface area (Å²) in [6, 6.07) is 10.7. The van der Waals surface area contributed by atoms with E-state index in [1.54, 1.807) is 12.3 Å². The van der Waals surface area contributed by atoms with Gasteiger partial charge in [0.1, 0.15) is 28.6 Å². The summed E-state index contributed by atoms with van der Waals surface area (Å²) in [5.74, 6) is 1.52. The fourth-order valence-electron chi connectivity index (χ4n) is 3.50. The molecule has 0 aliphatic carbocycles. The Morgan fingerprint density at radius 3 is 2.94 bits per heavy atom. The van der Waals surface area contributed by atoms with E-state index in [0.717, 1.165) is 20.8 Å². The molecule has 0 aliphatic rings. The Morgan fingerprint density at radius 1 is 1.15 bits per heavy atom. The highest BCUT2D eigenvalue weighted by Crippen LogP contribution is 2.41. The number of benzene rings is 1. The van der Waals surface area contributed by atoms with Crippen LogP contribution in [0.3, 0.4) is 0 Å². The average molecular weight is 463 g/mol. The van der Waals surface area contributed by atoms with Crippen molar-refractivity contribution >= 4 is 28.1 Å². The number of hydrogen-bond donors (Lipinski definition) is 2. The predicted molar refractivity (Wildman–Crippen MR) is 124 cm³/mol. The van der Waals surface area contributed by atoms with E-state index in [1.165, 1.54) is 23.7 Å². The summed E-state index contributed by atoms with van der Waals surface area (Å²) in [5, 5.41) is 18.4. The number of ether oxygens (including phenoxy) is 1. The van der Waals surface area contributed by atoms with Crippen molar-refractivity contribution in [1.29, 1.82) is 0 Å². The Hall–Kier alpha value is -3.99. The first-order valence-electron chi connectivity index (χ1n) is 10.3. The summed E-state index contributed by atoms with van der Waals surface area (Å²) in [7, 11) is 0. The van der Waals surface area contributed by atoms with E-state index in [9.17, 15) is 4.39 Å². The molecular formula is C22H19FN8OS. The van der Waals surface area contributed by atoms with E-state index < -0.39 is 0 Å². The van der Waals surface area contributed by atoms with E-state index in [2.05, 4.69) is 40.9 Å². The molecule has 0 atom stereocenters. The first-order chi connectivity index (χ1) is 16.2. The van der Waals surface area contributed by atoms with Crippen molar-refractivity contribution in [3.8, 4) is 27.0 Å².